The third-order valence-electron chi connectivity index (χ3n) is 4.28. The summed E-state index contributed by atoms with van der Waals surface area (Å²) in [5.74, 6) is 0.423. The number of nitrogens with zero attached hydrogens (tertiary/aromatic N) is 2. The smallest absolute Gasteiger partial charge is 0.227 e. The van der Waals surface area contributed by atoms with Crippen LogP contribution in [0.4, 0.5) is 0 Å². The quantitative estimate of drug-likeness (QED) is 0.831. The van der Waals surface area contributed by atoms with Crippen molar-refractivity contribution in [2.75, 3.05) is 26.2 Å². The number of aliphatic hydroxyl groups is 1. The molecule has 5 nitrogen and oxygen atoms in total. The summed E-state index contributed by atoms with van der Waals surface area (Å²) in [7, 11) is 0. The molecule has 1 aliphatic heterocycles. The lowest BCUT2D eigenvalue weighted by atomic mass is 9.95. The van der Waals surface area contributed by atoms with Crippen LogP contribution in [0.2, 0.25) is 0 Å². The van der Waals surface area contributed by atoms with Crippen molar-refractivity contribution in [1.29, 1.82) is 0 Å². The monoisotopic (exact) mass is 296 g/mol. The number of hydrogen-bond donors (Lipinski definition) is 1. The molecule has 0 aromatic rings. The summed E-state index contributed by atoms with van der Waals surface area (Å²) >= 11 is 0. The molecule has 1 heterocycles. The molecule has 0 aromatic heterocycles. The third-order valence-corrected chi connectivity index (χ3v) is 4.28. The fourth-order valence-electron chi connectivity index (χ4n) is 3.04. The second-order valence-electron chi connectivity index (χ2n) is 7.06. The summed E-state index contributed by atoms with van der Waals surface area (Å²) in [5, 5.41) is 9.93. The molecule has 0 aromatic carbocycles. The second kappa shape index (κ2) is 6.34. The normalized spacial score (nSPS) is 23.0. The maximum Gasteiger partial charge on any atom is 0.227 e. The number of likely N-dealkylation sites (tertiary alicyclic amines) is 1. The van der Waals surface area contributed by atoms with Gasteiger partial charge in [-0.1, -0.05) is 0 Å². The lowest BCUT2D eigenvalue weighted by molar-refractivity contribution is -0.143. The van der Waals surface area contributed by atoms with Gasteiger partial charge in [0.1, 0.15) is 0 Å². The van der Waals surface area contributed by atoms with Crippen LogP contribution < -0.4 is 0 Å². The Hall–Kier alpha value is -1.10. The van der Waals surface area contributed by atoms with Gasteiger partial charge in [-0.3, -0.25) is 9.59 Å². The van der Waals surface area contributed by atoms with Gasteiger partial charge >= 0.3 is 0 Å². The zero-order valence-corrected chi connectivity index (χ0v) is 13.5. The molecular formula is C16H28N2O3. The van der Waals surface area contributed by atoms with Crippen LogP contribution in [-0.4, -0.2) is 58.5 Å². The minimum Gasteiger partial charge on any atom is -0.389 e. The van der Waals surface area contributed by atoms with E-state index in [1.165, 1.54) is 0 Å². The molecule has 120 valence electrons. The Kier molecular flexibility index (Phi) is 4.91. The highest BCUT2D eigenvalue weighted by Crippen LogP contribution is 2.32. The summed E-state index contributed by atoms with van der Waals surface area (Å²) in [6.07, 6.45) is 3.76. The molecule has 1 saturated carbocycles. The average Bonchev–Trinajstić information content (AvgIpc) is 3.27. The number of hydrogen-bond acceptors (Lipinski definition) is 3. The van der Waals surface area contributed by atoms with Crippen molar-refractivity contribution in [3.63, 3.8) is 0 Å². The summed E-state index contributed by atoms with van der Waals surface area (Å²) in [4.78, 5) is 28.4. The largest absolute Gasteiger partial charge is 0.389 e. The standard InChI is InChI=1S/C16H28N2O3/c1-4-17(11-16(2,3)21)15(20)13-6-5-9-18(10-13)14(19)12-7-8-12/h12-13,21H,4-11H2,1-3H3. The molecule has 2 rings (SSSR count). The van der Waals surface area contributed by atoms with Gasteiger partial charge in [-0.05, 0) is 46.5 Å². The zero-order valence-electron chi connectivity index (χ0n) is 13.5. The van der Waals surface area contributed by atoms with E-state index in [1.807, 2.05) is 11.8 Å². The predicted octanol–water partition coefficient (Wildman–Crippen LogP) is 1.25. The Labute approximate surface area is 127 Å². The van der Waals surface area contributed by atoms with Gasteiger partial charge in [-0.2, -0.15) is 0 Å². The maximum atomic E-state index is 12.6. The van der Waals surface area contributed by atoms with E-state index < -0.39 is 5.60 Å². The van der Waals surface area contributed by atoms with Crippen LogP contribution in [0.5, 0.6) is 0 Å². The van der Waals surface area contributed by atoms with Crippen molar-refractivity contribution in [1.82, 2.24) is 9.80 Å². The molecule has 2 fully saturated rings. The number of carbonyl (C=O) groups is 2. The first-order chi connectivity index (χ1) is 9.81. The molecule has 0 spiro atoms. The summed E-state index contributed by atoms with van der Waals surface area (Å²) in [5.41, 5.74) is -0.885. The van der Waals surface area contributed by atoms with Gasteiger partial charge in [0.2, 0.25) is 11.8 Å². The van der Waals surface area contributed by atoms with E-state index >= 15 is 0 Å². The molecule has 1 atom stereocenters. The Morgan fingerprint density at radius 3 is 2.43 bits per heavy atom. The minimum absolute atomic E-state index is 0.0768. The third kappa shape index (κ3) is 4.43. The molecule has 1 unspecified atom stereocenters. The first kappa shape index (κ1) is 16.3. The molecule has 1 saturated heterocycles. The minimum atomic E-state index is -0.885. The highest BCUT2D eigenvalue weighted by molar-refractivity contribution is 5.83. The Balaban J connectivity index is 1.95. The molecule has 5 heteroatoms. The fraction of sp³-hybridized carbons (Fsp3) is 0.875. The van der Waals surface area contributed by atoms with Gasteiger partial charge in [-0.25, -0.2) is 0 Å². The van der Waals surface area contributed by atoms with E-state index in [4.69, 9.17) is 0 Å². The van der Waals surface area contributed by atoms with E-state index in [9.17, 15) is 14.7 Å². The molecular weight excluding hydrogens is 268 g/mol. The highest BCUT2D eigenvalue weighted by atomic mass is 16.3. The van der Waals surface area contributed by atoms with Crippen LogP contribution in [0.15, 0.2) is 0 Å². The van der Waals surface area contributed by atoms with Crippen LogP contribution in [0.1, 0.15) is 46.5 Å². The van der Waals surface area contributed by atoms with Gasteiger partial charge in [0, 0.05) is 32.1 Å². The van der Waals surface area contributed by atoms with Gasteiger partial charge in [-0.15, -0.1) is 0 Å². The van der Waals surface area contributed by atoms with E-state index in [2.05, 4.69) is 0 Å². The number of rotatable bonds is 5. The van der Waals surface area contributed by atoms with Crippen molar-refractivity contribution in [3.8, 4) is 0 Å². The Bertz CT molecular complexity index is 399. The molecule has 1 N–H and O–H groups in total. The summed E-state index contributed by atoms with van der Waals surface area (Å²) < 4.78 is 0. The number of piperidine rings is 1. The zero-order chi connectivity index (χ0) is 15.6. The SMILES string of the molecule is CCN(CC(C)(C)O)C(=O)C1CCCN(C(=O)C2CC2)C1. The predicted molar refractivity (Wildman–Crippen MR) is 80.6 cm³/mol. The van der Waals surface area contributed by atoms with Gasteiger partial charge < -0.3 is 14.9 Å². The van der Waals surface area contributed by atoms with E-state index in [0.29, 0.717) is 19.6 Å². The van der Waals surface area contributed by atoms with Crippen LogP contribution in [0, 0.1) is 11.8 Å². The molecule has 1 aliphatic carbocycles. The van der Waals surface area contributed by atoms with Crippen LogP contribution in [0.3, 0.4) is 0 Å². The highest BCUT2D eigenvalue weighted by Gasteiger charge is 2.37. The van der Waals surface area contributed by atoms with Crippen molar-refractivity contribution < 1.29 is 14.7 Å². The first-order valence-electron chi connectivity index (χ1n) is 8.11. The number of carbonyl (C=O) groups excluding carboxylic acids is 2. The molecule has 21 heavy (non-hydrogen) atoms. The van der Waals surface area contributed by atoms with E-state index in [-0.39, 0.29) is 23.7 Å². The van der Waals surface area contributed by atoms with Gasteiger partial charge in [0.05, 0.1) is 11.5 Å². The van der Waals surface area contributed by atoms with Gasteiger partial charge in [0.25, 0.3) is 0 Å². The lowest BCUT2D eigenvalue weighted by Gasteiger charge is -2.36. The number of likely N-dealkylation sites (N-methyl/N-ethyl adjacent to an activating group) is 1. The van der Waals surface area contributed by atoms with Crippen LogP contribution in [-0.2, 0) is 9.59 Å². The number of amides is 2. The van der Waals surface area contributed by atoms with Crippen molar-refractivity contribution in [3.05, 3.63) is 0 Å². The molecule has 0 bridgehead atoms. The second-order valence-corrected chi connectivity index (χ2v) is 7.06. The summed E-state index contributed by atoms with van der Waals surface area (Å²) in [6.45, 7) is 7.64. The van der Waals surface area contributed by atoms with E-state index in [0.717, 1.165) is 32.2 Å². The van der Waals surface area contributed by atoms with Crippen molar-refractivity contribution >= 4 is 11.8 Å². The molecule has 2 amide bonds. The Morgan fingerprint density at radius 1 is 1.24 bits per heavy atom. The van der Waals surface area contributed by atoms with Crippen LogP contribution in [0.25, 0.3) is 0 Å². The first-order valence-corrected chi connectivity index (χ1v) is 8.11. The fourth-order valence-corrected chi connectivity index (χ4v) is 3.04. The van der Waals surface area contributed by atoms with Crippen LogP contribution >= 0.6 is 0 Å². The van der Waals surface area contributed by atoms with Gasteiger partial charge in [0.15, 0.2) is 0 Å². The maximum absolute atomic E-state index is 12.6. The molecule has 2 aliphatic rings. The van der Waals surface area contributed by atoms with E-state index in [1.54, 1.807) is 18.7 Å². The lowest BCUT2D eigenvalue weighted by Crippen LogP contribution is -2.50. The Morgan fingerprint density at radius 2 is 1.90 bits per heavy atom. The van der Waals surface area contributed by atoms with Crippen molar-refractivity contribution in [2.45, 2.75) is 52.1 Å². The topological polar surface area (TPSA) is 60.9 Å². The van der Waals surface area contributed by atoms with Crippen molar-refractivity contribution in [2.24, 2.45) is 11.8 Å². The average molecular weight is 296 g/mol. The molecule has 0 radical (unpaired) electrons. The summed E-state index contributed by atoms with van der Waals surface area (Å²) in [6, 6.07) is 0.